The predicted octanol–water partition coefficient (Wildman–Crippen LogP) is 14.8. The second-order valence-electron chi connectivity index (χ2n) is 18.4. The van der Waals surface area contributed by atoms with E-state index in [1.165, 1.54) is 167 Å². The zero-order chi connectivity index (χ0) is 48.2. The molecule has 0 bridgehead atoms. The summed E-state index contributed by atoms with van der Waals surface area (Å²) in [5, 5.41) is 11.7. The van der Waals surface area contributed by atoms with Crippen LogP contribution in [0.2, 0.25) is 0 Å². The Morgan fingerprint density at radius 3 is 0.809 bits per heavy atom. The fraction of sp³-hybridized carbons (Fsp3) is 0.600. The van der Waals surface area contributed by atoms with Gasteiger partial charge in [-0.15, -0.1) is 0 Å². The second kappa shape index (κ2) is 40.9. The fourth-order valence-electron chi connectivity index (χ4n) is 8.03. The van der Waals surface area contributed by atoms with Gasteiger partial charge < -0.3 is 30.7 Å². The highest BCUT2D eigenvalue weighted by atomic mass is 16.5. The molecular formula is C60H90N4O4. The Labute approximate surface area is 414 Å². The normalized spacial score (nSPS) is 10.6. The summed E-state index contributed by atoms with van der Waals surface area (Å²) in [5.74, 6) is 14.4. The number of ether oxygens (including phenoxy) is 2. The van der Waals surface area contributed by atoms with Crippen LogP contribution in [-0.2, 0) is 0 Å². The summed E-state index contributed by atoms with van der Waals surface area (Å²) in [6.07, 6.45) is 37.2. The standard InChI is InChI=1S/C60H90N4O4/c1-3-5-7-9-11-13-15-17-19-21-23-25-27-29-47-61-59(65)63-49-51-67-57-43-39-55(40-44-57)37-35-53-31-33-54(34-32-53)36-38-56-41-45-58(46-42-56)68-52-50-64-60(66)62-48-30-28-26-24-22-20-18-16-14-12-10-8-6-4-2/h31-34,39-46H,3-30,47-52H2,1-2H3,(H2,61,63,65)(H2,62,64,66). The third-order valence-corrected chi connectivity index (χ3v) is 12.2. The largest absolute Gasteiger partial charge is 0.492 e. The van der Waals surface area contributed by atoms with Crippen molar-refractivity contribution in [2.24, 2.45) is 0 Å². The van der Waals surface area contributed by atoms with Gasteiger partial charge in [-0.1, -0.05) is 204 Å². The molecule has 3 aromatic rings. The van der Waals surface area contributed by atoms with Gasteiger partial charge in [-0.05, 0) is 85.6 Å². The number of carbonyl (C=O) groups is 2. The van der Waals surface area contributed by atoms with Gasteiger partial charge in [0.1, 0.15) is 24.7 Å². The van der Waals surface area contributed by atoms with E-state index in [1.54, 1.807) is 0 Å². The lowest BCUT2D eigenvalue weighted by Gasteiger charge is -2.09. The first kappa shape index (κ1) is 57.2. The lowest BCUT2D eigenvalue weighted by atomic mass is 10.0. The third kappa shape index (κ3) is 31.8. The zero-order valence-corrected chi connectivity index (χ0v) is 42.6. The van der Waals surface area contributed by atoms with Crippen molar-refractivity contribution in [1.29, 1.82) is 0 Å². The van der Waals surface area contributed by atoms with Crippen molar-refractivity contribution in [1.82, 2.24) is 21.3 Å². The zero-order valence-electron chi connectivity index (χ0n) is 42.6. The lowest BCUT2D eigenvalue weighted by molar-refractivity contribution is 0.235. The third-order valence-electron chi connectivity index (χ3n) is 12.2. The van der Waals surface area contributed by atoms with E-state index in [2.05, 4.69) is 58.8 Å². The molecule has 68 heavy (non-hydrogen) atoms. The Hall–Kier alpha value is -5.08. The fourth-order valence-corrected chi connectivity index (χ4v) is 8.03. The van der Waals surface area contributed by atoms with E-state index in [-0.39, 0.29) is 12.1 Å². The molecule has 0 saturated carbocycles. The Kier molecular flexibility index (Phi) is 34.5. The molecule has 0 fully saturated rings. The molecule has 3 aromatic carbocycles. The van der Waals surface area contributed by atoms with Gasteiger partial charge in [0.15, 0.2) is 0 Å². The summed E-state index contributed by atoms with van der Waals surface area (Å²) < 4.78 is 11.6. The van der Waals surface area contributed by atoms with Crippen molar-refractivity contribution in [3.8, 4) is 35.2 Å². The van der Waals surface area contributed by atoms with Gasteiger partial charge in [-0.2, -0.15) is 0 Å². The molecule has 0 radical (unpaired) electrons. The number of nitrogens with one attached hydrogen (secondary N) is 4. The molecule has 8 heteroatoms. The van der Waals surface area contributed by atoms with Gasteiger partial charge in [0.25, 0.3) is 0 Å². The van der Waals surface area contributed by atoms with Crippen molar-refractivity contribution in [3.63, 3.8) is 0 Å². The van der Waals surface area contributed by atoms with Crippen molar-refractivity contribution in [3.05, 3.63) is 95.1 Å². The van der Waals surface area contributed by atoms with E-state index in [1.807, 2.05) is 72.8 Å². The van der Waals surface area contributed by atoms with Gasteiger partial charge >= 0.3 is 12.1 Å². The average molecular weight is 931 g/mol. The SMILES string of the molecule is CCCCCCCCCCCCCCCCNC(=O)NCCOc1ccc(C#Cc2ccc(C#Cc3ccc(OCCNC(=O)NCCCCCCCCCCCCCCCC)cc3)cc2)cc1. The van der Waals surface area contributed by atoms with Crippen LogP contribution in [0.3, 0.4) is 0 Å². The van der Waals surface area contributed by atoms with Crippen molar-refractivity contribution < 1.29 is 19.1 Å². The van der Waals surface area contributed by atoms with Crippen LogP contribution in [0, 0.1) is 23.7 Å². The first-order valence-electron chi connectivity index (χ1n) is 27.2. The van der Waals surface area contributed by atoms with E-state index >= 15 is 0 Å². The van der Waals surface area contributed by atoms with Crippen molar-refractivity contribution in [2.45, 2.75) is 194 Å². The van der Waals surface area contributed by atoms with E-state index in [0.29, 0.717) is 39.4 Å². The van der Waals surface area contributed by atoms with Crippen LogP contribution in [0.15, 0.2) is 72.8 Å². The van der Waals surface area contributed by atoms with Crippen LogP contribution >= 0.6 is 0 Å². The second-order valence-corrected chi connectivity index (χ2v) is 18.4. The Balaban J connectivity index is 1.16. The number of carbonyl (C=O) groups excluding carboxylic acids is 2. The quantitative estimate of drug-likeness (QED) is 0.0340. The smallest absolute Gasteiger partial charge is 0.314 e. The number of benzene rings is 3. The van der Waals surface area contributed by atoms with E-state index in [4.69, 9.17) is 9.47 Å². The summed E-state index contributed by atoms with van der Waals surface area (Å²) in [7, 11) is 0. The van der Waals surface area contributed by atoms with E-state index in [9.17, 15) is 9.59 Å². The van der Waals surface area contributed by atoms with Crippen LogP contribution in [0.25, 0.3) is 0 Å². The molecule has 0 unspecified atom stereocenters. The van der Waals surface area contributed by atoms with Crippen LogP contribution in [0.5, 0.6) is 11.5 Å². The molecule has 0 atom stereocenters. The highest BCUT2D eigenvalue weighted by Crippen LogP contribution is 2.16. The minimum atomic E-state index is -0.140. The monoisotopic (exact) mass is 931 g/mol. The first-order valence-corrected chi connectivity index (χ1v) is 27.2. The van der Waals surface area contributed by atoms with Crippen LogP contribution < -0.4 is 30.7 Å². The number of rotatable bonds is 38. The van der Waals surface area contributed by atoms with Gasteiger partial charge in [0, 0.05) is 35.3 Å². The summed E-state index contributed by atoms with van der Waals surface area (Å²) in [6, 6.07) is 23.0. The molecule has 4 N–H and O–H groups in total. The Morgan fingerprint density at radius 1 is 0.324 bits per heavy atom. The molecule has 0 aromatic heterocycles. The Bertz CT molecular complexity index is 1690. The molecule has 3 rings (SSSR count). The molecule has 0 saturated heterocycles. The average Bonchev–Trinajstić information content (AvgIpc) is 3.36. The molecular weight excluding hydrogens is 841 g/mol. The number of amides is 4. The summed E-state index contributed by atoms with van der Waals surface area (Å²) in [6.45, 7) is 7.64. The number of hydrogen-bond acceptors (Lipinski definition) is 4. The van der Waals surface area contributed by atoms with Crippen LogP contribution in [0.4, 0.5) is 9.59 Å². The van der Waals surface area contributed by atoms with Gasteiger partial charge in [-0.25, -0.2) is 9.59 Å². The first-order chi connectivity index (χ1) is 33.6. The highest BCUT2D eigenvalue weighted by molar-refractivity contribution is 5.74. The molecule has 0 heterocycles. The summed E-state index contributed by atoms with van der Waals surface area (Å²) in [4.78, 5) is 24.3. The number of urea groups is 2. The van der Waals surface area contributed by atoms with Gasteiger partial charge in [-0.3, -0.25) is 0 Å². The molecule has 8 nitrogen and oxygen atoms in total. The molecule has 0 aliphatic carbocycles. The topological polar surface area (TPSA) is 101 Å². The van der Waals surface area contributed by atoms with E-state index in [0.717, 1.165) is 46.6 Å². The Morgan fingerprint density at radius 2 is 0.544 bits per heavy atom. The minimum Gasteiger partial charge on any atom is -0.492 e. The van der Waals surface area contributed by atoms with Crippen LogP contribution in [-0.4, -0.2) is 51.5 Å². The predicted molar refractivity (Wildman–Crippen MR) is 286 cm³/mol. The molecule has 374 valence electrons. The van der Waals surface area contributed by atoms with E-state index < -0.39 is 0 Å². The molecule has 4 amide bonds. The number of hydrogen-bond donors (Lipinski definition) is 4. The highest BCUT2D eigenvalue weighted by Gasteiger charge is 2.03. The number of unbranched alkanes of at least 4 members (excludes halogenated alkanes) is 26. The molecule has 0 aliphatic rings. The van der Waals surface area contributed by atoms with Crippen molar-refractivity contribution >= 4 is 12.1 Å². The minimum absolute atomic E-state index is 0.140. The van der Waals surface area contributed by atoms with Crippen LogP contribution in [0.1, 0.15) is 216 Å². The maximum absolute atomic E-state index is 12.1. The lowest BCUT2D eigenvalue weighted by Crippen LogP contribution is -2.38. The summed E-state index contributed by atoms with van der Waals surface area (Å²) >= 11 is 0. The molecule has 0 spiro atoms. The van der Waals surface area contributed by atoms with Gasteiger partial charge in [0.2, 0.25) is 0 Å². The maximum Gasteiger partial charge on any atom is 0.314 e. The van der Waals surface area contributed by atoms with Gasteiger partial charge in [0.05, 0.1) is 13.1 Å². The van der Waals surface area contributed by atoms with Crippen molar-refractivity contribution in [2.75, 3.05) is 39.4 Å². The summed E-state index contributed by atoms with van der Waals surface area (Å²) in [5.41, 5.74) is 3.59. The molecule has 0 aliphatic heterocycles. The maximum atomic E-state index is 12.1.